The van der Waals surface area contributed by atoms with Crippen molar-refractivity contribution in [2.24, 2.45) is 0 Å². The lowest BCUT2D eigenvalue weighted by atomic mass is 9.93. The van der Waals surface area contributed by atoms with Crippen molar-refractivity contribution in [3.05, 3.63) is 80.9 Å². The van der Waals surface area contributed by atoms with Crippen LogP contribution in [0.5, 0.6) is 5.75 Å². The first-order chi connectivity index (χ1) is 18.1. The number of aliphatic hydroxyl groups excluding tert-OH is 1. The lowest BCUT2D eigenvalue weighted by molar-refractivity contribution is -0.132. The highest BCUT2D eigenvalue weighted by Gasteiger charge is 2.48. The van der Waals surface area contributed by atoms with Crippen LogP contribution in [0.15, 0.2) is 48.0 Å². The number of thiazole rings is 1. The number of hydrogen-bond donors (Lipinski definition) is 1. The van der Waals surface area contributed by atoms with Crippen molar-refractivity contribution in [1.29, 1.82) is 0 Å². The molecule has 3 aromatic rings. The molecule has 2 aliphatic heterocycles. The van der Waals surface area contributed by atoms with Crippen LogP contribution in [0.2, 0.25) is 0 Å². The Morgan fingerprint density at radius 1 is 1.18 bits per heavy atom. The lowest BCUT2D eigenvalue weighted by Gasteiger charge is -2.23. The Bertz CT molecular complexity index is 1490. The summed E-state index contributed by atoms with van der Waals surface area (Å²) < 4.78 is 10.6. The van der Waals surface area contributed by atoms with E-state index >= 15 is 0 Å². The number of fused-ring (bicyclic) bond motifs is 1. The van der Waals surface area contributed by atoms with Crippen molar-refractivity contribution in [1.82, 2.24) is 4.98 Å². The molecule has 0 aliphatic carbocycles. The van der Waals surface area contributed by atoms with Crippen LogP contribution < -0.4 is 9.64 Å². The molecular formula is C29H28N2O6S. The molecule has 9 heteroatoms. The van der Waals surface area contributed by atoms with Gasteiger partial charge in [0.15, 0.2) is 5.13 Å². The summed E-state index contributed by atoms with van der Waals surface area (Å²) in [7, 11) is 1.27. The first-order valence-corrected chi connectivity index (χ1v) is 13.2. The molecule has 0 bridgehead atoms. The number of benzene rings is 2. The maximum atomic E-state index is 13.5. The standard InChI is InChI=1S/C29H28N2O6S/c1-14(2)17-6-8-18(9-7-17)23-22(24(32)19-10-11-21-20(13-19)12-15(3)37-21)25(33)27(34)31(23)29-30-16(4)26(38-29)28(35)36-5/h6-11,13-15,23,32H,12H2,1-5H3/b24-22+. The molecule has 1 aromatic heterocycles. The minimum atomic E-state index is -0.935. The van der Waals surface area contributed by atoms with Gasteiger partial charge in [-0.3, -0.25) is 14.5 Å². The van der Waals surface area contributed by atoms with Crippen LogP contribution >= 0.6 is 11.3 Å². The Hall–Kier alpha value is -3.98. The number of nitrogens with zero attached hydrogens (tertiary/aromatic N) is 2. The van der Waals surface area contributed by atoms with E-state index in [-0.39, 0.29) is 33.4 Å². The number of rotatable bonds is 5. The number of anilines is 1. The van der Waals surface area contributed by atoms with Crippen LogP contribution in [0.4, 0.5) is 5.13 Å². The van der Waals surface area contributed by atoms with Gasteiger partial charge >= 0.3 is 11.9 Å². The second-order valence-electron chi connectivity index (χ2n) is 9.85. The predicted molar refractivity (Wildman–Crippen MR) is 144 cm³/mol. The molecule has 196 valence electrons. The monoisotopic (exact) mass is 532 g/mol. The molecule has 3 heterocycles. The minimum Gasteiger partial charge on any atom is -0.507 e. The van der Waals surface area contributed by atoms with E-state index in [1.165, 1.54) is 12.0 Å². The normalized spacial score (nSPS) is 20.1. The Balaban J connectivity index is 1.68. The van der Waals surface area contributed by atoms with Crippen LogP contribution in [0, 0.1) is 6.92 Å². The third-order valence-corrected chi connectivity index (χ3v) is 8.03. The van der Waals surface area contributed by atoms with Gasteiger partial charge in [0.05, 0.1) is 24.4 Å². The van der Waals surface area contributed by atoms with E-state index in [0.29, 0.717) is 23.2 Å². The number of amides is 1. The van der Waals surface area contributed by atoms with E-state index in [0.717, 1.165) is 28.2 Å². The van der Waals surface area contributed by atoms with E-state index < -0.39 is 23.7 Å². The summed E-state index contributed by atoms with van der Waals surface area (Å²) in [5.74, 6) is -1.46. The molecule has 38 heavy (non-hydrogen) atoms. The quantitative estimate of drug-likeness (QED) is 0.205. The highest BCUT2D eigenvalue weighted by Crippen LogP contribution is 2.44. The number of carbonyl (C=O) groups is 3. The number of hydrogen-bond acceptors (Lipinski definition) is 8. The van der Waals surface area contributed by atoms with Crippen LogP contribution in [-0.4, -0.2) is 41.0 Å². The van der Waals surface area contributed by atoms with Crippen molar-refractivity contribution < 1.29 is 29.0 Å². The lowest BCUT2D eigenvalue weighted by Crippen LogP contribution is -2.29. The molecule has 2 aromatic carbocycles. The number of carbonyl (C=O) groups excluding carboxylic acids is 3. The van der Waals surface area contributed by atoms with Gasteiger partial charge in [0, 0.05) is 12.0 Å². The summed E-state index contributed by atoms with van der Waals surface area (Å²) in [6.07, 6.45) is 0.698. The summed E-state index contributed by atoms with van der Waals surface area (Å²) in [6.45, 7) is 7.76. The number of methoxy groups -OCH3 is 1. The molecule has 2 unspecified atom stereocenters. The summed E-state index contributed by atoms with van der Waals surface area (Å²) in [4.78, 5) is 45.1. The van der Waals surface area contributed by atoms with Gasteiger partial charge in [0.1, 0.15) is 22.5 Å². The van der Waals surface area contributed by atoms with Crippen LogP contribution in [0.3, 0.4) is 0 Å². The number of ether oxygens (including phenoxy) is 2. The van der Waals surface area contributed by atoms with Gasteiger partial charge in [-0.2, -0.15) is 0 Å². The van der Waals surface area contributed by atoms with Gasteiger partial charge < -0.3 is 14.6 Å². The van der Waals surface area contributed by atoms with Gasteiger partial charge in [-0.1, -0.05) is 49.4 Å². The third kappa shape index (κ3) is 4.26. The third-order valence-electron chi connectivity index (χ3n) is 6.89. The summed E-state index contributed by atoms with van der Waals surface area (Å²) in [6, 6.07) is 11.9. The Morgan fingerprint density at radius 2 is 1.89 bits per heavy atom. The van der Waals surface area contributed by atoms with E-state index in [4.69, 9.17) is 9.47 Å². The molecule has 1 saturated heterocycles. The highest BCUT2D eigenvalue weighted by atomic mass is 32.1. The molecule has 1 fully saturated rings. The van der Waals surface area contributed by atoms with Crippen molar-refractivity contribution >= 4 is 39.9 Å². The topological polar surface area (TPSA) is 106 Å². The maximum absolute atomic E-state index is 13.5. The summed E-state index contributed by atoms with van der Waals surface area (Å²) in [5, 5.41) is 11.7. The Morgan fingerprint density at radius 3 is 2.55 bits per heavy atom. The van der Waals surface area contributed by atoms with E-state index in [1.54, 1.807) is 25.1 Å². The van der Waals surface area contributed by atoms with Gasteiger partial charge in [-0.15, -0.1) is 0 Å². The molecule has 1 amide bonds. The number of Topliss-reactive ketones (excluding diaryl/α,β-unsaturated/α-hetero) is 1. The zero-order valence-corrected chi connectivity index (χ0v) is 22.6. The number of aliphatic hydroxyl groups is 1. The van der Waals surface area contributed by atoms with Gasteiger partial charge in [-0.25, -0.2) is 9.78 Å². The smallest absolute Gasteiger partial charge is 0.350 e. The van der Waals surface area contributed by atoms with Crippen LogP contribution in [0.25, 0.3) is 5.76 Å². The molecule has 2 atom stereocenters. The second kappa shape index (κ2) is 9.72. The number of esters is 1. The minimum absolute atomic E-state index is 0.0181. The van der Waals surface area contributed by atoms with Crippen molar-refractivity contribution in [2.45, 2.75) is 52.2 Å². The fourth-order valence-electron chi connectivity index (χ4n) is 4.90. The van der Waals surface area contributed by atoms with Crippen LogP contribution in [-0.2, 0) is 20.7 Å². The van der Waals surface area contributed by atoms with Crippen molar-refractivity contribution in [3.8, 4) is 5.75 Å². The average Bonchev–Trinajstić information content (AvgIpc) is 3.55. The van der Waals surface area contributed by atoms with Gasteiger partial charge in [0.25, 0.3) is 5.78 Å². The number of aryl methyl sites for hydroxylation is 1. The summed E-state index contributed by atoms with van der Waals surface area (Å²) in [5.41, 5.74) is 3.44. The predicted octanol–water partition coefficient (Wildman–Crippen LogP) is 5.31. The van der Waals surface area contributed by atoms with E-state index in [9.17, 15) is 19.5 Å². The van der Waals surface area contributed by atoms with Gasteiger partial charge in [-0.05, 0) is 54.7 Å². The second-order valence-corrected chi connectivity index (χ2v) is 10.8. The number of aromatic nitrogens is 1. The molecule has 0 saturated carbocycles. The Labute approximate surface area is 224 Å². The largest absolute Gasteiger partial charge is 0.507 e. The molecule has 8 nitrogen and oxygen atoms in total. The zero-order chi connectivity index (χ0) is 27.3. The molecule has 0 spiro atoms. The summed E-state index contributed by atoms with van der Waals surface area (Å²) >= 11 is 0.974. The first-order valence-electron chi connectivity index (χ1n) is 12.4. The zero-order valence-electron chi connectivity index (χ0n) is 21.8. The molecule has 1 N–H and O–H groups in total. The fraction of sp³-hybridized carbons (Fsp3) is 0.310. The van der Waals surface area contributed by atoms with Crippen molar-refractivity contribution in [3.63, 3.8) is 0 Å². The molecule has 5 rings (SSSR count). The number of ketones is 1. The SMILES string of the molecule is COC(=O)c1sc(N2C(=O)C(=O)/C(=C(/O)c3ccc4c(c3)CC(C)O4)C2c2ccc(C(C)C)cc2)nc1C. The van der Waals surface area contributed by atoms with Crippen molar-refractivity contribution in [2.75, 3.05) is 12.0 Å². The Kier molecular flexibility index (Phi) is 6.56. The molecule has 0 radical (unpaired) electrons. The van der Waals surface area contributed by atoms with Gasteiger partial charge in [0.2, 0.25) is 0 Å². The van der Waals surface area contributed by atoms with E-state index in [2.05, 4.69) is 18.8 Å². The average molecular weight is 533 g/mol. The highest BCUT2D eigenvalue weighted by molar-refractivity contribution is 7.17. The van der Waals surface area contributed by atoms with Crippen LogP contribution in [0.1, 0.15) is 70.4 Å². The molecule has 2 aliphatic rings. The molecular weight excluding hydrogens is 504 g/mol. The first kappa shape index (κ1) is 25.7. The van der Waals surface area contributed by atoms with E-state index in [1.807, 2.05) is 31.2 Å². The fourth-order valence-corrected chi connectivity index (χ4v) is 5.91. The maximum Gasteiger partial charge on any atom is 0.350 e.